The van der Waals surface area contributed by atoms with E-state index in [2.05, 4.69) is 16.0 Å². The summed E-state index contributed by atoms with van der Waals surface area (Å²) in [5.74, 6) is 0.470. The van der Waals surface area contributed by atoms with E-state index in [4.69, 9.17) is 14.2 Å². The zero-order valence-corrected chi connectivity index (χ0v) is 21.4. The minimum atomic E-state index is -0.607. The smallest absolute Gasteiger partial charge is 0.323 e. The maximum Gasteiger partial charge on any atom is 0.323 e. The van der Waals surface area contributed by atoms with Crippen molar-refractivity contribution in [1.29, 1.82) is 0 Å². The molecule has 4 atom stereocenters. The maximum atomic E-state index is 13.9. The number of benzene rings is 3. The molecule has 1 saturated heterocycles. The summed E-state index contributed by atoms with van der Waals surface area (Å²) >= 11 is 0. The van der Waals surface area contributed by atoms with Crippen molar-refractivity contribution in [2.45, 2.75) is 43.6 Å². The highest BCUT2D eigenvalue weighted by atomic mass is 19.1. The highest BCUT2D eigenvalue weighted by Gasteiger charge is 2.46. The molecule has 0 spiro atoms. The van der Waals surface area contributed by atoms with Crippen LogP contribution in [0.25, 0.3) is 0 Å². The van der Waals surface area contributed by atoms with Gasteiger partial charge < -0.3 is 35.3 Å². The third-order valence-electron chi connectivity index (χ3n) is 6.96. The van der Waals surface area contributed by atoms with Crippen molar-refractivity contribution >= 4 is 23.3 Å². The van der Waals surface area contributed by atoms with E-state index >= 15 is 0 Å². The minimum absolute atomic E-state index is 0.0709. The van der Waals surface area contributed by atoms with Gasteiger partial charge in [0.15, 0.2) is 0 Å². The van der Waals surface area contributed by atoms with Crippen LogP contribution in [0.15, 0.2) is 66.7 Å². The molecule has 0 bridgehead atoms. The molecule has 2 aliphatic heterocycles. The summed E-state index contributed by atoms with van der Waals surface area (Å²) in [6.07, 6.45) is -0.838. The molecule has 9 nitrogen and oxygen atoms in total. The summed E-state index contributed by atoms with van der Waals surface area (Å²) in [5.41, 5.74) is 2.29. The zero-order valence-electron chi connectivity index (χ0n) is 21.4. The van der Waals surface area contributed by atoms with Crippen LogP contribution in [0.2, 0.25) is 0 Å². The number of carbonyl (C=O) groups excluding carboxylic acids is 2. The second-order valence-electron chi connectivity index (χ2n) is 9.51. The van der Waals surface area contributed by atoms with Gasteiger partial charge in [-0.3, -0.25) is 4.79 Å². The van der Waals surface area contributed by atoms with Crippen LogP contribution in [-0.2, 0) is 16.1 Å². The summed E-state index contributed by atoms with van der Waals surface area (Å²) in [6, 6.07) is 18.0. The van der Waals surface area contributed by atoms with Crippen LogP contribution in [0.4, 0.5) is 20.6 Å². The van der Waals surface area contributed by atoms with Crippen LogP contribution in [0.1, 0.15) is 29.9 Å². The number of anilines is 2. The van der Waals surface area contributed by atoms with E-state index in [0.29, 0.717) is 30.2 Å². The predicted molar refractivity (Wildman–Crippen MR) is 142 cm³/mol. The molecule has 3 aromatic rings. The van der Waals surface area contributed by atoms with Gasteiger partial charge in [-0.15, -0.1) is 0 Å². The molecule has 39 heavy (non-hydrogen) atoms. The zero-order chi connectivity index (χ0) is 27.4. The maximum absolute atomic E-state index is 13.9. The largest absolute Gasteiger partial charge is 0.496 e. The van der Waals surface area contributed by atoms with Gasteiger partial charge in [0, 0.05) is 29.3 Å². The number of urea groups is 1. The lowest BCUT2D eigenvalue weighted by molar-refractivity contribution is -0.142. The van der Waals surface area contributed by atoms with Gasteiger partial charge >= 0.3 is 6.03 Å². The lowest BCUT2D eigenvalue weighted by atomic mass is 9.84. The lowest BCUT2D eigenvalue weighted by Crippen LogP contribution is -2.47. The molecule has 0 saturated carbocycles. The fourth-order valence-corrected chi connectivity index (χ4v) is 5.14. The number of aliphatic hydroxyl groups is 1. The van der Waals surface area contributed by atoms with Crippen molar-refractivity contribution < 1.29 is 33.3 Å². The molecule has 0 unspecified atom stereocenters. The van der Waals surface area contributed by atoms with Gasteiger partial charge in [0.05, 0.1) is 31.9 Å². The number of hydrogen-bond donors (Lipinski definition) is 4. The Bertz CT molecular complexity index is 1350. The number of ether oxygens (including phenoxy) is 3. The third-order valence-corrected chi connectivity index (χ3v) is 6.96. The molecule has 1 fully saturated rings. The van der Waals surface area contributed by atoms with Gasteiger partial charge in [0.2, 0.25) is 5.91 Å². The van der Waals surface area contributed by atoms with E-state index in [1.54, 1.807) is 37.4 Å². The highest BCUT2D eigenvalue weighted by molar-refractivity contribution is 6.00. The topological polar surface area (TPSA) is 118 Å². The average molecular weight is 536 g/mol. The van der Waals surface area contributed by atoms with E-state index < -0.39 is 30.2 Å². The molecule has 0 radical (unpaired) electrons. The molecule has 0 aliphatic carbocycles. The number of methoxy groups -OCH3 is 1. The average Bonchev–Trinajstić information content (AvgIpc) is 3.30. The van der Waals surface area contributed by atoms with Gasteiger partial charge in [-0.05, 0) is 42.8 Å². The number of para-hydroxylation sites is 2. The van der Waals surface area contributed by atoms with E-state index in [9.17, 15) is 19.1 Å². The minimum Gasteiger partial charge on any atom is -0.496 e. The Hall–Kier alpha value is -4.15. The predicted octanol–water partition coefficient (Wildman–Crippen LogP) is 4.18. The van der Waals surface area contributed by atoms with Crippen LogP contribution in [0.3, 0.4) is 0 Å². The Kier molecular flexibility index (Phi) is 7.94. The number of nitrogens with one attached hydrogen (secondary N) is 3. The van der Waals surface area contributed by atoms with Crippen LogP contribution in [0, 0.1) is 5.82 Å². The number of hydrogen-bond acceptors (Lipinski definition) is 6. The van der Waals surface area contributed by atoms with Crippen molar-refractivity contribution in [1.82, 2.24) is 5.32 Å². The number of rotatable bonds is 8. The number of aliphatic hydroxyl groups excluding tert-OH is 1. The van der Waals surface area contributed by atoms with Crippen molar-refractivity contribution in [3.63, 3.8) is 0 Å². The van der Waals surface area contributed by atoms with E-state index in [0.717, 1.165) is 11.1 Å². The molecular formula is C29H30FN3O6. The molecule has 2 aliphatic rings. The SMILES string of the molecule is COc1ccccc1CNC(=O)C[C@@H]1C[C@H]2c3cc(NC(=O)Nc4ccccc4F)ccc3O[C@H]2[C@@H](CO)O1. The highest BCUT2D eigenvalue weighted by Crippen LogP contribution is 2.47. The second kappa shape index (κ2) is 11.7. The summed E-state index contributed by atoms with van der Waals surface area (Å²) in [5, 5.41) is 18.1. The van der Waals surface area contributed by atoms with Crippen LogP contribution in [-0.4, -0.2) is 49.1 Å². The van der Waals surface area contributed by atoms with Crippen molar-refractivity contribution in [3.8, 4) is 11.5 Å². The number of amides is 3. The fraction of sp³-hybridized carbons (Fsp3) is 0.310. The first kappa shape index (κ1) is 26.5. The normalized spacial score (nSPS) is 21.2. The summed E-state index contributed by atoms with van der Waals surface area (Å²) in [4.78, 5) is 25.2. The van der Waals surface area contributed by atoms with Crippen LogP contribution >= 0.6 is 0 Å². The lowest BCUT2D eigenvalue weighted by Gasteiger charge is -2.37. The Morgan fingerprint density at radius 2 is 1.87 bits per heavy atom. The Labute approximate surface area is 225 Å². The number of fused-ring (bicyclic) bond motifs is 3. The van der Waals surface area contributed by atoms with Gasteiger partial charge in [0.1, 0.15) is 29.5 Å². The fourth-order valence-electron chi connectivity index (χ4n) is 5.14. The van der Waals surface area contributed by atoms with Crippen molar-refractivity contribution in [2.75, 3.05) is 24.4 Å². The summed E-state index contributed by atoms with van der Waals surface area (Å²) < 4.78 is 31.4. The molecule has 3 aromatic carbocycles. The molecule has 3 amide bonds. The first-order valence-electron chi connectivity index (χ1n) is 12.7. The van der Waals surface area contributed by atoms with Crippen LogP contribution in [0.5, 0.6) is 11.5 Å². The summed E-state index contributed by atoms with van der Waals surface area (Å²) in [7, 11) is 1.58. The molecule has 4 N–H and O–H groups in total. The molecule has 2 heterocycles. The van der Waals surface area contributed by atoms with Gasteiger partial charge in [-0.25, -0.2) is 9.18 Å². The molecular weight excluding hydrogens is 505 g/mol. The molecule has 0 aromatic heterocycles. The molecule has 10 heteroatoms. The number of carbonyl (C=O) groups is 2. The molecule has 204 valence electrons. The van der Waals surface area contributed by atoms with Gasteiger partial charge in [0.25, 0.3) is 0 Å². The van der Waals surface area contributed by atoms with Gasteiger partial charge in [-0.1, -0.05) is 30.3 Å². The Morgan fingerprint density at radius 1 is 1.08 bits per heavy atom. The standard InChI is InChI=1S/C29H30FN3O6/c1-37-24-9-5-2-6-17(24)15-31-27(35)14-19-13-21-20-12-18(10-11-25(20)39-28(21)26(16-34)38-19)32-29(36)33-23-8-4-3-7-22(23)30/h2-12,19,21,26,28,34H,13-16H2,1H3,(H,31,35)(H2,32,33,36)/t19-,21-,26+,28+/m0/s1. The van der Waals surface area contributed by atoms with E-state index in [-0.39, 0.29) is 30.5 Å². The van der Waals surface area contributed by atoms with Crippen molar-refractivity contribution in [3.05, 3.63) is 83.7 Å². The summed E-state index contributed by atoms with van der Waals surface area (Å²) in [6.45, 7) is 0.0611. The quantitative estimate of drug-likeness (QED) is 0.344. The van der Waals surface area contributed by atoms with E-state index in [1.807, 2.05) is 24.3 Å². The van der Waals surface area contributed by atoms with Crippen LogP contribution < -0.4 is 25.4 Å². The first-order valence-corrected chi connectivity index (χ1v) is 12.7. The Balaban J connectivity index is 1.24. The number of halogens is 1. The first-order chi connectivity index (χ1) is 18.9. The Morgan fingerprint density at radius 3 is 2.67 bits per heavy atom. The second-order valence-corrected chi connectivity index (χ2v) is 9.51. The van der Waals surface area contributed by atoms with Crippen molar-refractivity contribution in [2.24, 2.45) is 0 Å². The van der Waals surface area contributed by atoms with E-state index in [1.165, 1.54) is 12.1 Å². The van der Waals surface area contributed by atoms with Gasteiger partial charge in [-0.2, -0.15) is 0 Å². The third kappa shape index (κ3) is 5.97. The molecule has 5 rings (SSSR count). The monoisotopic (exact) mass is 535 g/mol.